The number of aryl methyl sites for hydroxylation is 2. The van der Waals surface area contributed by atoms with Crippen molar-refractivity contribution in [3.8, 4) is 0 Å². The average Bonchev–Trinajstić information content (AvgIpc) is 3.39. The maximum Gasteiger partial charge on any atom is 0.230 e. The van der Waals surface area contributed by atoms with Gasteiger partial charge in [-0.3, -0.25) is 14.6 Å². The van der Waals surface area contributed by atoms with Crippen LogP contribution in [0.25, 0.3) is 0 Å². The maximum absolute atomic E-state index is 13.5. The number of hydrogen-bond donors (Lipinski definition) is 0. The molecule has 2 aromatic rings. The maximum atomic E-state index is 13.5. The van der Waals surface area contributed by atoms with Crippen molar-refractivity contribution in [3.63, 3.8) is 0 Å². The quantitative estimate of drug-likeness (QED) is 0.702. The molecule has 1 spiro atoms. The van der Waals surface area contributed by atoms with E-state index in [1.807, 2.05) is 35.3 Å². The second-order valence-electron chi connectivity index (χ2n) is 9.04. The summed E-state index contributed by atoms with van der Waals surface area (Å²) in [5, 5.41) is 0. The summed E-state index contributed by atoms with van der Waals surface area (Å²) in [6.45, 7) is 5.56. The Kier molecular flexibility index (Phi) is 4.70. The first-order valence-corrected chi connectivity index (χ1v) is 10.7. The van der Waals surface area contributed by atoms with E-state index < -0.39 is 17.4 Å². The third kappa shape index (κ3) is 3.26. The van der Waals surface area contributed by atoms with E-state index in [1.54, 1.807) is 18.1 Å². The zero-order chi connectivity index (χ0) is 21.8. The zero-order valence-electron chi connectivity index (χ0n) is 18.1. The molecule has 1 aromatic carbocycles. The summed E-state index contributed by atoms with van der Waals surface area (Å²) in [5.74, 6) is -1.01. The zero-order valence-corrected chi connectivity index (χ0v) is 18.1. The van der Waals surface area contributed by atoms with E-state index in [4.69, 9.17) is 4.74 Å². The smallest absolute Gasteiger partial charge is 0.230 e. The Morgan fingerprint density at radius 2 is 2.13 bits per heavy atom. The summed E-state index contributed by atoms with van der Waals surface area (Å²) in [6.07, 6.45) is 5.35. The minimum atomic E-state index is -0.689. The number of rotatable bonds is 5. The molecule has 2 saturated heterocycles. The Labute approximate surface area is 182 Å². The van der Waals surface area contributed by atoms with Crippen LogP contribution in [0.15, 0.2) is 54.7 Å². The van der Waals surface area contributed by atoms with E-state index in [1.165, 1.54) is 5.56 Å². The van der Waals surface area contributed by atoms with Crippen molar-refractivity contribution in [1.29, 1.82) is 0 Å². The van der Waals surface area contributed by atoms with E-state index in [0.29, 0.717) is 19.6 Å². The van der Waals surface area contributed by atoms with Crippen molar-refractivity contribution >= 4 is 11.8 Å². The van der Waals surface area contributed by atoms with Gasteiger partial charge in [0.25, 0.3) is 0 Å². The molecule has 4 heterocycles. The first kappa shape index (κ1) is 19.9. The van der Waals surface area contributed by atoms with Crippen LogP contribution in [0.3, 0.4) is 0 Å². The number of carbonyl (C=O) groups is 2. The summed E-state index contributed by atoms with van der Waals surface area (Å²) in [4.78, 5) is 34.7. The molecular weight excluding hydrogens is 390 g/mol. The highest BCUT2D eigenvalue weighted by atomic mass is 16.5. The van der Waals surface area contributed by atoms with Gasteiger partial charge in [0.1, 0.15) is 5.60 Å². The van der Waals surface area contributed by atoms with Gasteiger partial charge >= 0.3 is 0 Å². The molecule has 1 aromatic heterocycles. The minimum Gasteiger partial charge on any atom is -0.360 e. The normalized spacial score (nSPS) is 28.3. The van der Waals surface area contributed by atoms with Crippen LogP contribution in [-0.4, -0.2) is 51.9 Å². The molecule has 0 N–H and O–H groups in total. The molecular formula is C25H27N3O3. The molecule has 2 amide bonds. The fourth-order valence-electron chi connectivity index (χ4n) is 5.24. The number of carbonyl (C=O) groups excluding carboxylic acids is 2. The topological polar surface area (TPSA) is 62.7 Å². The molecule has 5 rings (SSSR count). The number of amides is 2. The Hall–Kier alpha value is -2.99. The summed E-state index contributed by atoms with van der Waals surface area (Å²) >= 11 is 0. The van der Waals surface area contributed by atoms with Crippen LogP contribution in [0.5, 0.6) is 0 Å². The SMILES string of the molecule is Cc1ccc(C)c(CN2C[C@]34C=C[C@H](O3)[C@@H](C(=O)N(C)Cc3ccccn3)[C@H]4C2=O)c1. The van der Waals surface area contributed by atoms with Gasteiger partial charge in [-0.05, 0) is 37.1 Å². The molecule has 0 radical (unpaired) electrons. The van der Waals surface area contributed by atoms with Crippen molar-refractivity contribution in [2.75, 3.05) is 13.6 Å². The summed E-state index contributed by atoms with van der Waals surface area (Å²) in [7, 11) is 1.77. The molecule has 31 heavy (non-hydrogen) atoms. The number of aromatic nitrogens is 1. The van der Waals surface area contributed by atoms with E-state index in [0.717, 1.165) is 16.8 Å². The Morgan fingerprint density at radius 1 is 1.29 bits per heavy atom. The number of hydrogen-bond acceptors (Lipinski definition) is 4. The van der Waals surface area contributed by atoms with Gasteiger partial charge in [-0.2, -0.15) is 0 Å². The van der Waals surface area contributed by atoms with Crippen LogP contribution < -0.4 is 0 Å². The van der Waals surface area contributed by atoms with Gasteiger partial charge in [0, 0.05) is 19.8 Å². The first-order valence-electron chi connectivity index (χ1n) is 10.7. The van der Waals surface area contributed by atoms with Gasteiger partial charge in [-0.25, -0.2) is 0 Å². The summed E-state index contributed by atoms with van der Waals surface area (Å²) in [5.41, 5.74) is 3.61. The van der Waals surface area contributed by atoms with Gasteiger partial charge in [0.05, 0.1) is 36.7 Å². The van der Waals surface area contributed by atoms with Crippen molar-refractivity contribution in [2.45, 2.75) is 38.6 Å². The van der Waals surface area contributed by atoms with Gasteiger partial charge in [0.2, 0.25) is 11.8 Å². The highest BCUT2D eigenvalue weighted by molar-refractivity contribution is 5.93. The number of fused-ring (bicyclic) bond motifs is 1. The molecule has 4 atom stereocenters. The Balaban J connectivity index is 1.37. The van der Waals surface area contributed by atoms with Crippen molar-refractivity contribution in [3.05, 3.63) is 77.1 Å². The molecule has 0 aliphatic carbocycles. The lowest BCUT2D eigenvalue weighted by Crippen LogP contribution is -2.44. The first-order chi connectivity index (χ1) is 14.9. The molecule has 0 unspecified atom stereocenters. The molecule has 3 aliphatic rings. The fourth-order valence-corrected chi connectivity index (χ4v) is 5.24. The number of pyridine rings is 1. The molecule has 2 bridgehead atoms. The van der Waals surface area contributed by atoms with Crippen LogP contribution in [0.4, 0.5) is 0 Å². The summed E-state index contributed by atoms with van der Waals surface area (Å²) in [6, 6.07) is 12.0. The molecule has 160 valence electrons. The molecule has 2 fully saturated rings. The molecule has 3 aliphatic heterocycles. The lowest BCUT2D eigenvalue weighted by molar-refractivity contribution is -0.142. The van der Waals surface area contributed by atoms with Crippen molar-refractivity contribution < 1.29 is 14.3 Å². The van der Waals surface area contributed by atoms with E-state index in [2.05, 4.69) is 37.0 Å². The number of benzene rings is 1. The number of nitrogens with zero attached hydrogens (tertiary/aromatic N) is 3. The van der Waals surface area contributed by atoms with Crippen LogP contribution in [-0.2, 0) is 27.4 Å². The van der Waals surface area contributed by atoms with Crippen molar-refractivity contribution in [1.82, 2.24) is 14.8 Å². The minimum absolute atomic E-state index is 0.0114. The number of ether oxygens (including phenoxy) is 1. The third-order valence-corrected chi connectivity index (χ3v) is 6.83. The Morgan fingerprint density at radius 3 is 2.90 bits per heavy atom. The predicted octanol–water partition coefficient (Wildman–Crippen LogP) is 2.64. The van der Waals surface area contributed by atoms with Crippen LogP contribution in [0.1, 0.15) is 22.4 Å². The van der Waals surface area contributed by atoms with Gasteiger partial charge in [0.15, 0.2) is 0 Å². The van der Waals surface area contributed by atoms with Crippen LogP contribution >= 0.6 is 0 Å². The molecule has 6 nitrogen and oxygen atoms in total. The number of likely N-dealkylation sites (tertiary alicyclic amines) is 1. The van der Waals surface area contributed by atoms with E-state index in [-0.39, 0.29) is 17.9 Å². The second kappa shape index (κ2) is 7.31. The second-order valence-corrected chi connectivity index (χ2v) is 9.04. The molecule has 0 saturated carbocycles. The third-order valence-electron chi connectivity index (χ3n) is 6.83. The standard InChI is InChI=1S/C25H27N3O3/c1-16-7-8-17(2)18(12-16)13-28-15-25-10-9-20(31-25)21(22(25)24(28)30)23(29)27(3)14-19-6-4-5-11-26-19/h4-12,20-22H,13-15H2,1-3H3/t20-,21+,22-,25-/m0/s1. The van der Waals surface area contributed by atoms with Crippen LogP contribution in [0, 0.1) is 25.7 Å². The highest BCUT2D eigenvalue weighted by Crippen LogP contribution is 2.52. The fraction of sp³-hybridized carbons (Fsp3) is 0.400. The van der Waals surface area contributed by atoms with E-state index in [9.17, 15) is 9.59 Å². The predicted molar refractivity (Wildman–Crippen MR) is 116 cm³/mol. The highest BCUT2D eigenvalue weighted by Gasteiger charge is 2.67. The average molecular weight is 418 g/mol. The largest absolute Gasteiger partial charge is 0.360 e. The lowest BCUT2D eigenvalue weighted by Gasteiger charge is -2.27. The summed E-state index contributed by atoms with van der Waals surface area (Å²) < 4.78 is 6.27. The monoisotopic (exact) mass is 417 g/mol. The van der Waals surface area contributed by atoms with E-state index >= 15 is 0 Å². The van der Waals surface area contributed by atoms with Gasteiger partial charge in [-0.1, -0.05) is 42.0 Å². The van der Waals surface area contributed by atoms with Crippen LogP contribution in [0.2, 0.25) is 0 Å². The lowest BCUT2D eigenvalue weighted by atomic mass is 9.76. The van der Waals surface area contributed by atoms with Crippen molar-refractivity contribution in [2.24, 2.45) is 11.8 Å². The molecule has 6 heteroatoms. The van der Waals surface area contributed by atoms with Gasteiger partial charge < -0.3 is 14.5 Å². The Bertz CT molecular complexity index is 1070. The van der Waals surface area contributed by atoms with Gasteiger partial charge in [-0.15, -0.1) is 0 Å².